The normalized spacial score (nSPS) is 10.9. The highest BCUT2D eigenvalue weighted by Crippen LogP contribution is 2.23. The van der Waals surface area contributed by atoms with Crippen molar-refractivity contribution in [3.8, 4) is 5.75 Å². The zero-order valence-electron chi connectivity index (χ0n) is 10.8. The van der Waals surface area contributed by atoms with Crippen LogP contribution in [0.4, 0.5) is 0 Å². The van der Waals surface area contributed by atoms with E-state index in [4.69, 9.17) is 16.3 Å². The van der Waals surface area contributed by atoms with Crippen molar-refractivity contribution < 1.29 is 4.74 Å². The van der Waals surface area contributed by atoms with Gasteiger partial charge < -0.3 is 9.72 Å². The number of nitrogens with zero attached hydrogens (tertiary/aromatic N) is 1. The van der Waals surface area contributed by atoms with Crippen molar-refractivity contribution in [3.05, 3.63) is 57.3 Å². The van der Waals surface area contributed by atoms with Gasteiger partial charge in [-0.05, 0) is 42.8 Å². The second kappa shape index (κ2) is 5.46. The quantitative estimate of drug-likeness (QED) is 0.731. The summed E-state index contributed by atoms with van der Waals surface area (Å²) in [6.07, 6.45) is 0. The smallest absolute Gasteiger partial charge is 0.146 e. The third kappa shape index (κ3) is 2.81. The van der Waals surface area contributed by atoms with Crippen LogP contribution in [0.2, 0.25) is 5.02 Å². The number of fused-ring (bicyclic) bond motifs is 1. The topological polar surface area (TPSA) is 37.9 Å². The van der Waals surface area contributed by atoms with E-state index in [0.29, 0.717) is 11.6 Å². The van der Waals surface area contributed by atoms with Crippen molar-refractivity contribution in [2.45, 2.75) is 13.5 Å². The maximum atomic E-state index is 5.92. The summed E-state index contributed by atoms with van der Waals surface area (Å²) in [5.74, 6) is 1.53. The van der Waals surface area contributed by atoms with Crippen LogP contribution in [0.5, 0.6) is 5.75 Å². The lowest BCUT2D eigenvalue weighted by atomic mass is 10.2. The molecule has 0 aliphatic heterocycles. The Hall–Kier alpha value is -1.52. The standard InChI is InChI=1S/C15H12BrClN2O/c1-9-5-10(16)6-13-15(9)19-14(18-13)8-20-12-4-2-3-11(17)7-12/h2-7H,8H2,1H3,(H,18,19). The van der Waals surface area contributed by atoms with Crippen molar-refractivity contribution in [2.75, 3.05) is 0 Å². The fraction of sp³-hybridized carbons (Fsp3) is 0.133. The molecule has 1 N–H and O–H groups in total. The van der Waals surface area contributed by atoms with Crippen LogP contribution in [0.3, 0.4) is 0 Å². The molecule has 0 spiro atoms. The summed E-state index contributed by atoms with van der Waals surface area (Å²) in [4.78, 5) is 7.82. The van der Waals surface area contributed by atoms with Gasteiger partial charge in [0.1, 0.15) is 18.2 Å². The van der Waals surface area contributed by atoms with Gasteiger partial charge in [0.25, 0.3) is 0 Å². The molecular formula is C15H12BrClN2O. The summed E-state index contributed by atoms with van der Waals surface area (Å²) in [5, 5.41) is 0.659. The van der Waals surface area contributed by atoms with Crippen LogP contribution >= 0.6 is 27.5 Å². The highest BCUT2D eigenvalue weighted by atomic mass is 79.9. The molecule has 102 valence electrons. The van der Waals surface area contributed by atoms with Crippen LogP contribution in [0, 0.1) is 6.92 Å². The fourth-order valence-electron chi connectivity index (χ4n) is 2.07. The van der Waals surface area contributed by atoms with E-state index in [1.165, 1.54) is 0 Å². The Bertz CT molecular complexity index is 770. The number of nitrogens with one attached hydrogen (secondary N) is 1. The lowest BCUT2D eigenvalue weighted by molar-refractivity contribution is 0.297. The zero-order chi connectivity index (χ0) is 14.1. The van der Waals surface area contributed by atoms with E-state index in [-0.39, 0.29) is 0 Å². The molecule has 0 bridgehead atoms. The summed E-state index contributed by atoms with van der Waals surface area (Å²) in [7, 11) is 0. The molecule has 0 aliphatic carbocycles. The number of imidazole rings is 1. The summed E-state index contributed by atoms with van der Waals surface area (Å²) in [6.45, 7) is 2.42. The number of H-pyrrole nitrogens is 1. The van der Waals surface area contributed by atoms with Crippen LogP contribution in [-0.4, -0.2) is 9.97 Å². The number of benzene rings is 2. The fourth-order valence-corrected chi connectivity index (χ4v) is 2.83. The summed E-state index contributed by atoms with van der Waals surface area (Å²) < 4.78 is 6.72. The Balaban J connectivity index is 1.83. The molecule has 0 aliphatic rings. The van der Waals surface area contributed by atoms with Gasteiger partial charge in [-0.15, -0.1) is 0 Å². The Kier molecular flexibility index (Phi) is 3.68. The lowest BCUT2D eigenvalue weighted by Crippen LogP contribution is -1.97. The Morgan fingerprint density at radius 3 is 2.95 bits per heavy atom. The van der Waals surface area contributed by atoms with E-state index in [1.54, 1.807) is 6.07 Å². The minimum atomic E-state index is 0.381. The summed E-state index contributed by atoms with van der Waals surface area (Å²) >= 11 is 9.40. The van der Waals surface area contributed by atoms with Gasteiger partial charge in [-0.2, -0.15) is 0 Å². The minimum Gasteiger partial charge on any atom is -0.486 e. The van der Waals surface area contributed by atoms with E-state index < -0.39 is 0 Å². The van der Waals surface area contributed by atoms with Gasteiger partial charge in [-0.25, -0.2) is 4.98 Å². The number of aromatic amines is 1. The van der Waals surface area contributed by atoms with Crippen molar-refractivity contribution in [1.82, 2.24) is 9.97 Å². The van der Waals surface area contributed by atoms with E-state index in [0.717, 1.165) is 32.6 Å². The summed E-state index contributed by atoms with van der Waals surface area (Å²) in [6, 6.07) is 11.4. The molecular weight excluding hydrogens is 340 g/mol. The number of hydrogen-bond donors (Lipinski definition) is 1. The maximum absolute atomic E-state index is 5.92. The van der Waals surface area contributed by atoms with Crippen molar-refractivity contribution in [3.63, 3.8) is 0 Å². The first-order chi connectivity index (χ1) is 9.61. The molecule has 1 heterocycles. The third-order valence-electron chi connectivity index (χ3n) is 2.96. The summed E-state index contributed by atoms with van der Waals surface area (Å²) in [5.41, 5.74) is 3.10. The number of rotatable bonds is 3. The van der Waals surface area contributed by atoms with E-state index in [9.17, 15) is 0 Å². The van der Waals surface area contributed by atoms with Gasteiger partial charge in [-0.3, -0.25) is 0 Å². The molecule has 0 saturated carbocycles. The molecule has 0 unspecified atom stereocenters. The van der Waals surface area contributed by atoms with Crippen LogP contribution in [0.25, 0.3) is 11.0 Å². The van der Waals surface area contributed by atoms with E-state index >= 15 is 0 Å². The SMILES string of the molecule is Cc1cc(Br)cc2[nH]c(COc3cccc(Cl)c3)nc12. The lowest BCUT2D eigenvalue weighted by Gasteiger charge is -2.03. The average Bonchev–Trinajstić information content (AvgIpc) is 2.80. The van der Waals surface area contributed by atoms with Crippen LogP contribution in [0.15, 0.2) is 40.9 Å². The molecule has 0 amide bonds. The highest BCUT2D eigenvalue weighted by Gasteiger charge is 2.07. The number of hydrogen-bond acceptors (Lipinski definition) is 2. The number of aryl methyl sites for hydroxylation is 1. The largest absolute Gasteiger partial charge is 0.486 e. The Labute approximate surface area is 130 Å². The molecule has 3 nitrogen and oxygen atoms in total. The first kappa shape index (κ1) is 13.5. The average molecular weight is 352 g/mol. The second-order valence-corrected chi connectivity index (χ2v) is 5.90. The molecule has 5 heteroatoms. The van der Waals surface area contributed by atoms with E-state index in [2.05, 4.69) is 25.9 Å². The van der Waals surface area contributed by atoms with Gasteiger partial charge in [0.05, 0.1) is 11.0 Å². The molecule has 3 rings (SSSR count). The second-order valence-electron chi connectivity index (χ2n) is 4.55. The van der Waals surface area contributed by atoms with Crippen LogP contribution < -0.4 is 4.74 Å². The first-order valence-electron chi connectivity index (χ1n) is 6.15. The van der Waals surface area contributed by atoms with Crippen molar-refractivity contribution in [2.24, 2.45) is 0 Å². The van der Waals surface area contributed by atoms with Gasteiger partial charge in [0.15, 0.2) is 0 Å². The van der Waals surface area contributed by atoms with Gasteiger partial charge in [0.2, 0.25) is 0 Å². The molecule has 1 aromatic heterocycles. The molecule has 0 atom stereocenters. The highest BCUT2D eigenvalue weighted by molar-refractivity contribution is 9.10. The maximum Gasteiger partial charge on any atom is 0.146 e. The van der Waals surface area contributed by atoms with Gasteiger partial charge >= 0.3 is 0 Å². The predicted octanol–water partition coefficient (Wildman–Crippen LogP) is 4.87. The molecule has 0 radical (unpaired) electrons. The molecule has 0 saturated heterocycles. The van der Waals surface area contributed by atoms with Crippen LogP contribution in [-0.2, 0) is 6.61 Å². The number of ether oxygens (including phenoxy) is 1. The Morgan fingerprint density at radius 1 is 1.30 bits per heavy atom. The number of aromatic nitrogens is 2. The number of halogens is 2. The zero-order valence-corrected chi connectivity index (χ0v) is 13.1. The minimum absolute atomic E-state index is 0.381. The molecule has 2 aromatic carbocycles. The third-order valence-corrected chi connectivity index (χ3v) is 3.66. The van der Waals surface area contributed by atoms with Gasteiger partial charge in [-0.1, -0.05) is 33.6 Å². The van der Waals surface area contributed by atoms with Crippen molar-refractivity contribution in [1.29, 1.82) is 0 Å². The monoisotopic (exact) mass is 350 g/mol. The molecule has 0 fully saturated rings. The van der Waals surface area contributed by atoms with Crippen molar-refractivity contribution >= 4 is 38.6 Å². The van der Waals surface area contributed by atoms with Crippen LogP contribution in [0.1, 0.15) is 11.4 Å². The molecule has 3 aromatic rings. The van der Waals surface area contributed by atoms with Gasteiger partial charge in [0, 0.05) is 9.50 Å². The molecule has 20 heavy (non-hydrogen) atoms. The van der Waals surface area contributed by atoms with E-state index in [1.807, 2.05) is 37.3 Å². The first-order valence-corrected chi connectivity index (χ1v) is 7.32. The predicted molar refractivity (Wildman–Crippen MR) is 84.3 cm³/mol. The Morgan fingerprint density at radius 2 is 2.15 bits per heavy atom.